The van der Waals surface area contributed by atoms with Gasteiger partial charge in [-0.2, -0.15) is 0 Å². The summed E-state index contributed by atoms with van der Waals surface area (Å²) in [5.41, 5.74) is 10.8. The molecule has 3 rings (SSSR count). The van der Waals surface area contributed by atoms with Gasteiger partial charge >= 0.3 is 0 Å². The second-order valence-electron chi connectivity index (χ2n) is 5.49. The van der Waals surface area contributed by atoms with Crippen molar-refractivity contribution in [2.24, 2.45) is 5.73 Å². The summed E-state index contributed by atoms with van der Waals surface area (Å²) >= 11 is 1.66. The lowest BCUT2D eigenvalue weighted by molar-refractivity contribution is -0.122. The standard InChI is InChI=1S/C16H19N3OS/c1-11-15(21-10-18-11)13-6-4-12(5-7-13)9-19-8-2-3-14(19)16(17)20/h4-7,10,14H,2-3,8-9H2,1H3,(H2,17,20)/t14-/m1/s1. The molecule has 2 heterocycles. The average Bonchev–Trinajstić information content (AvgIpc) is 3.09. The zero-order valence-corrected chi connectivity index (χ0v) is 12.9. The molecule has 1 saturated heterocycles. The van der Waals surface area contributed by atoms with Gasteiger partial charge in [0, 0.05) is 6.54 Å². The quantitative estimate of drug-likeness (QED) is 0.944. The monoisotopic (exact) mass is 301 g/mol. The van der Waals surface area contributed by atoms with Crippen LogP contribution in [0.15, 0.2) is 29.8 Å². The van der Waals surface area contributed by atoms with E-state index in [0.717, 1.165) is 31.6 Å². The molecule has 0 saturated carbocycles. The van der Waals surface area contributed by atoms with Crippen LogP contribution in [-0.4, -0.2) is 28.4 Å². The van der Waals surface area contributed by atoms with Crippen LogP contribution in [0, 0.1) is 6.92 Å². The largest absolute Gasteiger partial charge is 0.368 e. The van der Waals surface area contributed by atoms with E-state index in [0.29, 0.717) is 0 Å². The van der Waals surface area contributed by atoms with Gasteiger partial charge in [0.1, 0.15) is 0 Å². The van der Waals surface area contributed by atoms with Gasteiger partial charge in [0.05, 0.1) is 22.1 Å². The molecule has 5 heteroatoms. The maximum Gasteiger partial charge on any atom is 0.234 e. The van der Waals surface area contributed by atoms with Gasteiger partial charge < -0.3 is 5.73 Å². The van der Waals surface area contributed by atoms with Crippen LogP contribution in [0.3, 0.4) is 0 Å². The van der Waals surface area contributed by atoms with Crippen LogP contribution in [0.25, 0.3) is 10.4 Å². The highest BCUT2D eigenvalue weighted by Crippen LogP contribution is 2.28. The smallest absolute Gasteiger partial charge is 0.234 e. The van der Waals surface area contributed by atoms with Crippen LogP contribution in [0.1, 0.15) is 24.1 Å². The number of amides is 1. The molecule has 1 atom stereocenters. The summed E-state index contributed by atoms with van der Waals surface area (Å²) in [5.74, 6) is -0.204. The molecule has 1 fully saturated rings. The third-order valence-electron chi connectivity index (χ3n) is 4.04. The first kappa shape index (κ1) is 14.2. The lowest BCUT2D eigenvalue weighted by Gasteiger charge is -2.21. The summed E-state index contributed by atoms with van der Waals surface area (Å²) in [7, 11) is 0. The fourth-order valence-corrected chi connectivity index (χ4v) is 3.72. The minimum absolute atomic E-state index is 0.103. The Hall–Kier alpha value is -1.72. The summed E-state index contributed by atoms with van der Waals surface area (Å²) in [4.78, 5) is 19.1. The summed E-state index contributed by atoms with van der Waals surface area (Å²) in [6.45, 7) is 3.76. The lowest BCUT2D eigenvalue weighted by Crippen LogP contribution is -2.39. The summed E-state index contributed by atoms with van der Waals surface area (Å²) < 4.78 is 0. The summed E-state index contributed by atoms with van der Waals surface area (Å²) in [5, 5.41) is 0. The van der Waals surface area contributed by atoms with Crippen molar-refractivity contribution in [1.82, 2.24) is 9.88 Å². The van der Waals surface area contributed by atoms with Gasteiger partial charge in [0.15, 0.2) is 0 Å². The van der Waals surface area contributed by atoms with E-state index in [2.05, 4.69) is 34.1 Å². The number of hydrogen-bond acceptors (Lipinski definition) is 4. The van der Waals surface area contributed by atoms with E-state index in [1.54, 1.807) is 11.3 Å². The fraction of sp³-hybridized carbons (Fsp3) is 0.375. The molecular weight excluding hydrogens is 282 g/mol. The first-order valence-electron chi connectivity index (χ1n) is 7.18. The predicted octanol–water partition coefficient (Wildman–Crippen LogP) is 2.57. The molecule has 0 unspecified atom stereocenters. The maximum absolute atomic E-state index is 11.4. The molecular formula is C16H19N3OS. The Kier molecular flexibility index (Phi) is 4.03. The second kappa shape index (κ2) is 5.95. The molecule has 2 N–H and O–H groups in total. The third-order valence-corrected chi connectivity index (χ3v) is 5.02. The number of nitrogens with zero attached hydrogens (tertiary/aromatic N) is 2. The molecule has 1 amide bonds. The Bertz CT molecular complexity index is 635. The number of primary amides is 1. The molecule has 1 aliphatic rings. The van der Waals surface area contributed by atoms with Gasteiger partial charge in [-0.1, -0.05) is 24.3 Å². The van der Waals surface area contributed by atoms with E-state index >= 15 is 0 Å². The maximum atomic E-state index is 11.4. The highest BCUT2D eigenvalue weighted by molar-refractivity contribution is 7.13. The molecule has 0 radical (unpaired) electrons. The Morgan fingerprint density at radius 3 is 2.81 bits per heavy atom. The number of aromatic nitrogens is 1. The lowest BCUT2D eigenvalue weighted by atomic mass is 10.1. The van der Waals surface area contributed by atoms with Gasteiger partial charge in [-0.25, -0.2) is 4.98 Å². The molecule has 110 valence electrons. The van der Waals surface area contributed by atoms with E-state index in [1.165, 1.54) is 16.0 Å². The van der Waals surface area contributed by atoms with Gasteiger partial charge in [-0.15, -0.1) is 11.3 Å². The van der Waals surface area contributed by atoms with Crippen LogP contribution >= 0.6 is 11.3 Å². The summed E-state index contributed by atoms with van der Waals surface area (Å²) in [6, 6.07) is 8.42. The molecule has 1 aromatic carbocycles. The number of likely N-dealkylation sites (tertiary alicyclic amines) is 1. The van der Waals surface area contributed by atoms with Crippen LogP contribution < -0.4 is 5.73 Å². The average molecular weight is 301 g/mol. The number of rotatable bonds is 4. The topological polar surface area (TPSA) is 59.2 Å². The first-order chi connectivity index (χ1) is 10.1. The van der Waals surface area contributed by atoms with Crippen molar-refractivity contribution in [1.29, 1.82) is 0 Å². The van der Waals surface area contributed by atoms with Gasteiger partial charge in [0.2, 0.25) is 5.91 Å². The van der Waals surface area contributed by atoms with Crippen LogP contribution in [-0.2, 0) is 11.3 Å². The number of carbonyl (C=O) groups is 1. The molecule has 1 aliphatic heterocycles. The predicted molar refractivity (Wildman–Crippen MR) is 84.9 cm³/mol. The normalized spacial score (nSPS) is 19.0. The molecule has 0 bridgehead atoms. The van der Waals surface area contributed by atoms with E-state index in [9.17, 15) is 4.79 Å². The number of benzene rings is 1. The zero-order valence-electron chi connectivity index (χ0n) is 12.1. The van der Waals surface area contributed by atoms with Gasteiger partial charge in [0.25, 0.3) is 0 Å². The van der Waals surface area contributed by atoms with E-state index in [-0.39, 0.29) is 11.9 Å². The Labute approximate surface area is 128 Å². The molecule has 0 aliphatic carbocycles. The van der Waals surface area contributed by atoms with Crippen molar-refractivity contribution in [3.63, 3.8) is 0 Å². The van der Waals surface area contributed by atoms with Crippen molar-refractivity contribution in [3.05, 3.63) is 41.0 Å². The number of aryl methyl sites for hydroxylation is 1. The number of carbonyl (C=O) groups excluding carboxylic acids is 1. The Balaban J connectivity index is 1.73. The molecule has 2 aromatic rings. The van der Waals surface area contributed by atoms with Crippen LogP contribution in [0.4, 0.5) is 0 Å². The third kappa shape index (κ3) is 2.99. The SMILES string of the molecule is Cc1ncsc1-c1ccc(CN2CCC[C@@H]2C(N)=O)cc1. The number of nitrogens with two attached hydrogens (primary N) is 1. The molecule has 4 nitrogen and oxygen atoms in total. The van der Waals surface area contributed by atoms with Crippen molar-refractivity contribution in [2.75, 3.05) is 6.54 Å². The molecule has 21 heavy (non-hydrogen) atoms. The highest BCUT2D eigenvalue weighted by Gasteiger charge is 2.28. The van der Waals surface area contributed by atoms with Crippen molar-refractivity contribution in [2.45, 2.75) is 32.4 Å². The van der Waals surface area contributed by atoms with Crippen molar-refractivity contribution in [3.8, 4) is 10.4 Å². The first-order valence-corrected chi connectivity index (χ1v) is 8.06. The summed E-state index contributed by atoms with van der Waals surface area (Å²) in [6.07, 6.45) is 1.93. The van der Waals surface area contributed by atoms with E-state index in [4.69, 9.17) is 5.73 Å². The molecule has 1 aromatic heterocycles. The number of thiazole rings is 1. The Morgan fingerprint density at radius 1 is 1.43 bits per heavy atom. The Morgan fingerprint density at radius 2 is 2.19 bits per heavy atom. The minimum atomic E-state index is -0.204. The van der Waals surface area contributed by atoms with Crippen molar-refractivity contribution < 1.29 is 4.79 Å². The van der Waals surface area contributed by atoms with E-state index in [1.807, 2.05) is 12.4 Å². The highest BCUT2D eigenvalue weighted by atomic mass is 32.1. The fourth-order valence-electron chi connectivity index (χ4n) is 2.91. The zero-order chi connectivity index (χ0) is 14.8. The van der Waals surface area contributed by atoms with E-state index < -0.39 is 0 Å². The van der Waals surface area contributed by atoms with Crippen LogP contribution in [0.5, 0.6) is 0 Å². The minimum Gasteiger partial charge on any atom is -0.368 e. The van der Waals surface area contributed by atoms with Gasteiger partial charge in [-0.05, 0) is 37.4 Å². The second-order valence-corrected chi connectivity index (χ2v) is 6.35. The number of hydrogen-bond donors (Lipinski definition) is 1. The molecule has 0 spiro atoms. The van der Waals surface area contributed by atoms with Crippen molar-refractivity contribution >= 4 is 17.2 Å². The van der Waals surface area contributed by atoms with Crippen LogP contribution in [0.2, 0.25) is 0 Å². The van der Waals surface area contributed by atoms with Gasteiger partial charge in [-0.3, -0.25) is 9.69 Å².